The van der Waals surface area contributed by atoms with Crippen LogP contribution in [0.25, 0.3) is 0 Å². The molecule has 21 heavy (non-hydrogen) atoms. The molecule has 1 aromatic heterocycles. The van der Waals surface area contributed by atoms with Crippen LogP contribution in [0.1, 0.15) is 10.4 Å². The van der Waals surface area contributed by atoms with Crippen LogP contribution in [0.2, 0.25) is 5.02 Å². The van der Waals surface area contributed by atoms with E-state index in [2.05, 4.69) is 10.3 Å². The number of aromatic nitrogens is 1. The van der Waals surface area contributed by atoms with Gasteiger partial charge in [0.2, 0.25) is 0 Å². The van der Waals surface area contributed by atoms with Crippen molar-refractivity contribution in [3.8, 4) is 11.5 Å². The molecule has 0 radical (unpaired) electrons. The first kappa shape index (κ1) is 14.9. The number of nitrogen functional groups attached to an aromatic ring is 1. The Morgan fingerprint density at radius 3 is 2.57 bits per heavy atom. The first-order valence-electron chi connectivity index (χ1n) is 5.99. The van der Waals surface area contributed by atoms with Gasteiger partial charge < -0.3 is 20.5 Å². The molecular formula is C14H14ClN3O3. The van der Waals surface area contributed by atoms with Gasteiger partial charge in [0.25, 0.3) is 5.91 Å². The van der Waals surface area contributed by atoms with Crippen molar-refractivity contribution in [1.29, 1.82) is 0 Å². The molecule has 0 atom stereocenters. The van der Waals surface area contributed by atoms with E-state index in [0.717, 1.165) is 0 Å². The molecule has 0 saturated heterocycles. The molecule has 0 aliphatic rings. The molecule has 3 N–H and O–H groups in total. The minimum Gasteiger partial charge on any atom is -0.495 e. The molecule has 0 aliphatic carbocycles. The number of anilines is 2. The number of ether oxygens (including phenoxy) is 2. The Morgan fingerprint density at radius 1 is 1.24 bits per heavy atom. The van der Waals surface area contributed by atoms with Crippen molar-refractivity contribution in [2.45, 2.75) is 0 Å². The SMILES string of the molecule is COc1cc(NC(=O)c2ccnc(N)c2)c(OC)cc1Cl. The normalized spacial score (nSPS) is 10.0. The van der Waals surface area contributed by atoms with E-state index in [-0.39, 0.29) is 11.7 Å². The Bertz CT molecular complexity index is 677. The predicted octanol–water partition coefficient (Wildman–Crippen LogP) is 2.59. The summed E-state index contributed by atoms with van der Waals surface area (Å²) >= 11 is 6.01. The fourth-order valence-corrected chi connectivity index (χ4v) is 1.97. The second-order valence-corrected chi connectivity index (χ2v) is 4.52. The minimum absolute atomic E-state index is 0.267. The summed E-state index contributed by atoms with van der Waals surface area (Å²) < 4.78 is 10.3. The fourth-order valence-electron chi connectivity index (χ4n) is 1.74. The lowest BCUT2D eigenvalue weighted by atomic mass is 10.2. The smallest absolute Gasteiger partial charge is 0.255 e. The van der Waals surface area contributed by atoms with Crippen LogP contribution < -0.4 is 20.5 Å². The van der Waals surface area contributed by atoms with Gasteiger partial charge in [-0.05, 0) is 12.1 Å². The van der Waals surface area contributed by atoms with Gasteiger partial charge in [0.1, 0.15) is 17.3 Å². The van der Waals surface area contributed by atoms with Crippen LogP contribution in [0.5, 0.6) is 11.5 Å². The molecule has 6 nitrogen and oxygen atoms in total. The molecule has 0 spiro atoms. The van der Waals surface area contributed by atoms with Gasteiger partial charge in [-0.15, -0.1) is 0 Å². The van der Waals surface area contributed by atoms with Crippen molar-refractivity contribution in [2.24, 2.45) is 0 Å². The van der Waals surface area contributed by atoms with E-state index < -0.39 is 0 Å². The predicted molar refractivity (Wildman–Crippen MR) is 81.2 cm³/mol. The quantitative estimate of drug-likeness (QED) is 0.906. The van der Waals surface area contributed by atoms with Gasteiger partial charge in [0.05, 0.1) is 24.9 Å². The van der Waals surface area contributed by atoms with Crippen LogP contribution in [-0.4, -0.2) is 25.1 Å². The zero-order chi connectivity index (χ0) is 15.4. The molecular weight excluding hydrogens is 294 g/mol. The van der Waals surface area contributed by atoms with Crippen molar-refractivity contribution in [3.63, 3.8) is 0 Å². The summed E-state index contributed by atoms with van der Waals surface area (Å²) in [6, 6.07) is 6.20. The molecule has 0 aliphatic heterocycles. The number of methoxy groups -OCH3 is 2. The Balaban J connectivity index is 2.32. The third kappa shape index (κ3) is 3.35. The van der Waals surface area contributed by atoms with Crippen LogP contribution in [0.15, 0.2) is 30.5 Å². The van der Waals surface area contributed by atoms with Gasteiger partial charge >= 0.3 is 0 Å². The van der Waals surface area contributed by atoms with Gasteiger partial charge in [-0.25, -0.2) is 4.98 Å². The summed E-state index contributed by atoms with van der Waals surface area (Å²) in [6.07, 6.45) is 1.46. The lowest BCUT2D eigenvalue weighted by Crippen LogP contribution is -2.13. The number of amides is 1. The van der Waals surface area contributed by atoms with Crippen molar-refractivity contribution in [3.05, 3.63) is 41.0 Å². The van der Waals surface area contributed by atoms with Gasteiger partial charge in [0.15, 0.2) is 0 Å². The molecule has 0 fully saturated rings. The topological polar surface area (TPSA) is 86.5 Å². The minimum atomic E-state index is -0.341. The Kier molecular flexibility index (Phi) is 4.49. The molecule has 7 heteroatoms. The van der Waals surface area contributed by atoms with Crippen molar-refractivity contribution >= 4 is 29.0 Å². The number of carbonyl (C=O) groups excluding carboxylic acids is 1. The average molecular weight is 308 g/mol. The van der Waals surface area contributed by atoms with E-state index in [4.69, 9.17) is 26.8 Å². The highest BCUT2D eigenvalue weighted by Gasteiger charge is 2.14. The maximum absolute atomic E-state index is 12.2. The maximum atomic E-state index is 12.2. The number of nitrogens with zero attached hydrogens (tertiary/aromatic N) is 1. The van der Waals surface area contributed by atoms with Crippen LogP contribution in [-0.2, 0) is 0 Å². The lowest BCUT2D eigenvalue weighted by Gasteiger charge is -2.13. The van der Waals surface area contributed by atoms with E-state index in [0.29, 0.717) is 27.8 Å². The number of halogens is 1. The molecule has 2 rings (SSSR count). The molecule has 0 bridgehead atoms. The van der Waals surface area contributed by atoms with Crippen LogP contribution in [0, 0.1) is 0 Å². The number of benzene rings is 1. The third-order valence-corrected chi connectivity index (χ3v) is 3.06. The summed E-state index contributed by atoms with van der Waals surface area (Å²) in [4.78, 5) is 16.0. The number of nitrogens with two attached hydrogens (primary N) is 1. The van der Waals surface area contributed by atoms with Gasteiger partial charge in [-0.3, -0.25) is 4.79 Å². The number of hydrogen-bond donors (Lipinski definition) is 2. The first-order chi connectivity index (χ1) is 10.0. The van der Waals surface area contributed by atoms with Crippen LogP contribution in [0.4, 0.5) is 11.5 Å². The second-order valence-electron chi connectivity index (χ2n) is 4.11. The zero-order valence-electron chi connectivity index (χ0n) is 11.5. The van der Waals surface area contributed by atoms with Crippen LogP contribution in [0.3, 0.4) is 0 Å². The van der Waals surface area contributed by atoms with Crippen LogP contribution >= 0.6 is 11.6 Å². The molecule has 1 heterocycles. The Labute approximate surface area is 126 Å². The molecule has 0 saturated carbocycles. The molecule has 2 aromatic rings. The molecule has 0 unspecified atom stereocenters. The summed E-state index contributed by atoms with van der Waals surface area (Å²) in [7, 11) is 2.97. The van der Waals surface area contributed by atoms with E-state index in [1.807, 2.05) is 0 Å². The maximum Gasteiger partial charge on any atom is 0.255 e. The number of pyridine rings is 1. The lowest BCUT2D eigenvalue weighted by molar-refractivity contribution is 0.102. The second kappa shape index (κ2) is 6.32. The van der Waals surface area contributed by atoms with Gasteiger partial charge in [-0.2, -0.15) is 0 Å². The van der Waals surface area contributed by atoms with E-state index in [1.54, 1.807) is 18.2 Å². The van der Waals surface area contributed by atoms with E-state index >= 15 is 0 Å². The number of hydrogen-bond acceptors (Lipinski definition) is 5. The zero-order valence-corrected chi connectivity index (χ0v) is 12.3. The summed E-state index contributed by atoms with van der Waals surface area (Å²) in [6.45, 7) is 0. The molecule has 110 valence electrons. The van der Waals surface area contributed by atoms with E-state index in [1.165, 1.54) is 26.5 Å². The fraction of sp³-hybridized carbons (Fsp3) is 0.143. The Morgan fingerprint density at radius 2 is 1.95 bits per heavy atom. The van der Waals surface area contributed by atoms with Crippen molar-refractivity contribution < 1.29 is 14.3 Å². The highest BCUT2D eigenvalue weighted by Crippen LogP contribution is 2.36. The molecule has 1 aromatic carbocycles. The highest BCUT2D eigenvalue weighted by atomic mass is 35.5. The standard InChI is InChI=1S/C14H14ClN3O3/c1-20-11-7-10(12(21-2)6-9(11)15)18-14(19)8-3-4-17-13(16)5-8/h3-7H,1-2H3,(H2,16,17)(H,18,19). The van der Waals surface area contributed by atoms with Crippen molar-refractivity contribution in [1.82, 2.24) is 4.98 Å². The average Bonchev–Trinajstić information content (AvgIpc) is 2.48. The Hall–Kier alpha value is -2.47. The van der Waals surface area contributed by atoms with Crippen molar-refractivity contribution in [2.75, 3.05) is 25.3 Å². The van der Waals surface area contributed by atoms with Gasteiger partial charge in [0, 0.05) is 23.9 Å². The monoisotopic (exact) mass is 307 g/mol. The summed E-state index contributed by atoms with van der Waals surface area (Å²) in [5.74, 6) is 0.785. The number of nitrogens with one attached hydrogen (secondary N) is 1. The van der Waals surface area contributed by atoms with E-state index in [9.17, 15) is 4.79 Å². The summed E-state index contributed by atoms with van der Waals surface area (Å²) in [5, 5.41) is 3.11. The summed E-state index contributed by atoms with van der Waals surface area (Å²) in [5.41, 5.74) is 6.39. The molecule has 1 amide bonds. The number of rotatable bonds is 4. The highest BCUT2D eigenvalue weighted by molar-refractivity contribution is 6.32. The third-order valence-electron chi connectivity index (χ3n) is 2.77. The first-order valence-corrected chi connectivity index (χ1v) is 6.37. The number of carbonyl (C=O) groups is 1. The van der Waals surface area contributed by atoms with Gasteiger partial charge in [-0.1, -0.05) is 11.6 Å². The largest absolute Gasteiger partial charge is 0.495 e.